The molecule has 1 unspecified atom stereocenters. The number of amides is 1. The van der Waals surface area contributed by atoms with E-state index in [-0.39, 0.29) is 11.9 Å². The van der Waals surface area contributed by atoms with Gasteiger partial charge >= 0.3 is 0 Å². The number of rotatable bonds is 3. The van der Waals surface area contributed by atoms with E-state index >= 15 is 0 Å². The van der Waals surface area contributed by atoms with Crippen molar-refractivity contribution in [1.82, 2.24) is 19.2 Å². The fraction of sp³-hybridized carbons (Fsp3) is 0.400. The van der Waals surface area contributed by atoms with Gasteiger partial charge in [0.15, 0.2) is 0 Å². The summed E-state index contributed by atoms with van der Waals surface area (Å²) < 4.78 is 4.00. The molecule has 1 fully saturated rings. The summed E-state index contributed by atoms with van der Waals surface area (Å²) in [6.45, 7) is 0.833. The predicted octanol–water partition coefficient (Wildman–Crippen LogP) is 3.21. The van der Waals surface area contributed by atoms with E-state index in [2.05, 4.69) is 32.9 Å². The van der Waals surface area contributed by atoms with Gasteiger partial charge in [0.05, 0.1) is 18.2 Å². The lowest BCUT2D eigenvalue weighted by Crippen LogP contribution is -2.40. The number of fused-ring (bicyclic) bond motifs is 1. The third-order valence-electron chi connectivity index (χ3n) is 5.34. The van der Waals surface area contributed by atoms with Crippen molar-refractivity contribution in [3.63, 3.8) is 0 Å². The first kappa shape index (κ1) is 15.9. The SMILES string of the molecule is Cn1nccc1C1CCCCN1C(=O)Cc1cn(C)c2ccccc12. The molecule has 0 spiro atoms. The van der Waals surface area contributed by atoms with E-state index in [9.17, 15) is 4.79 Å². The van der Waals surface area contributed by atoms with Crippen molar-refractivity contribution < 1.29 is 4.79 Å². The maximum absolute atomic E-state index is 13.1. The number of carbonyl (C=O) groups excluding carboxylic acids is 1. The van der Waals surface area contributed by atoms with Crippen LogP contribution in [-0.2, 0) is 25.3 Å². The van der Waals surface area contributed by atoms with Crippen molar-refractivity contribution in [2.45, 2.75) is 31.7 Å². The van der Waals surface area contributed by atoms with E-state index in [0.29, 0.717) is 6.42 Å². The molecule has 0 radical (unpaired) electrons. The van der Waals surface area contributed by atoms with Gasteiger partial charge in [0, 0.05) is 43.9 Å². The smallest absolute Gasteiger partial charge is 0.227 e. The van der Waals surface area contributed by atoms with E-state index in [1.165, 1.54) is 10.9 Å². The molecule has 1 saturated heterocycles. The third kappa shape index (κ3) is 2.84. The topological polar surface area (TPSA) is 43.1 Å². The van der Waals surface area contributed by atoms with Crippen molar-refractivity contribution in [2.24, 2.45) is 14.1 Å². The lowest BCUT2D eigenvalue weighted by molar-refractivity contribution is -0.134. The minimum Gasteiger partial charge on any atom is -0.350 e. The number of hydrogen-bond donors (Lipinski definition) is 0. The van der Waals surface area contributed by atoms with Crippen LogP contribution in [0.15, 0.2) is 42.7 Å². The second-order valence-corrected chi connectivity index (χ2v) is 6.94. The van der Waals surface area contributed by atoms with Crippen LogP contribution in [0.5, 0.6) is 0 Å². The summed E-state index contributed by atoms with van der Waals surface area (Å²) in [7, 11) is 3.99. The summed E-state index contributed by atoms with van der Waals surface area (Å²) in [6, 6.07) is 10.5. The van der Waals surface area contributed by atoms with Crippen LogP contribution in [-0.4, -0.2) is 31.7 Å². The van der Waals surface area contributed by atoms with Crippen molar-refractivity contribution in [3.05, 3.63) is 54.0 Å². The molecule has 4 rings (SSSR count). The summed E-state index contributed by atoms with van der Waals surface area (Å²) in [5, 5.41) is 5.46. The molecule has 1 aliphatic rings. The highest BCUT2D eigenvalue weighted by molar-refractivity contribution is 5.89. The Balaban J connectivity index is 1.61. The molecule has 0 aliphatic carbocycles. The monoisotopic (exact) mass is 336 g/mol. The second kappa shape index (κ2) is 6.39. The van der Waals surface area contributed by atoms with Crippen LogP contribution in [0.4, 0.5) is 0 Å². The van der Waals surface area contributed by atoms with Gasteiger partial charge in [-0.3, -0.25) is 9.48 Å². The number of carbonyl (C=O) groups is 1. The predicted molar refractivity (Wildman–Crippen MR) is 98.1 cm³/mol. The van der Waals surface area contributed by atoms with Crippen LogP contribution >= 0.6 is 0 Å². The first-order valence-electron chi connectivity index (χ1n) is 8.95. The number of likely N-dealkylation sites (tertiary alicyclic amines) is 1. The van der Waals surface area contributed by atoms with Crippen LogP contribution in [0, 0.1) is 0 Å². The molecular weight excluding hydrogens is 312 g/mol. The number of hydrogen-bond acceptors (Lipinski definition) is 2. The van der Waals surface area contributed by atoms with Gasteiger partial charge in [-0.1, -0.05) is 18.2 Å². The van der Waals surface area contributed by atoms with Gasteiger partial charge in [-0.25, -0.2) is 0 Å². The van der Waals surface area contributed by atoms with Crippen molar-refractivity contribution in [3.8, 4) is 0 Å². The number of aryl methyl sites for hydroxylation is 2. The molecule has 1 amide bonds. The van der Waals surface area contributed by atoms with Gasteiger partial charge in [-0.15, -0.1) is 0 Å². The molecule has 0 N–H and O–H groups in total. The van der Waals surface area contributed by atoms with Gasteiger partial charge in [0.25, 0.3) is 0 Å². The average molecular weight is 336 g/mol. The molecule has 5 heteroatoms. The van der Waals surface area contributed by atoms with Crippen LogP contribution in [0.2, 0.25) is 0 Å². The fourth-order valence-corrected chi connectivity index (χ4v) is 4.08. The van der Waals surface area contributed by atoms with Gasteiger partial charge in [0.1, 0.15) is 0 Å². The zero-order valence-corrected chi connectivity index (χ0v) is 14.9. The first-order valence-corrected chi connectivity index (χ1v) is 8.95. The summed E-state index contributed by atoms with van der Waals surface area (Å²) in [6.07, 6.45) is 7.61. The Kier molecular flexibility index (Phi) is 4.07. The van der Waals surface area contributed by atoms with Crippen LogP contribution in [0.1, 0.15) is 36.6 Å². The molecule has 25 heavy (non-hydrogen) atoms. The Hall–Kier alpha value is -2.56. The van der Waals surface area contributed by atoms with Gasteiger partial charge in [-0.05, 0) is 37.0 Å². The molecule has 5 nitrogen and oxygen atoms in total. The van der Waals surface area contributed by atoms with Crippen molar-refractivity contribution in [1.29, 1.82) is 0 Å². The molecule has 2 aromatic heterocycles. The van der Waals surface area contributed by atoms with E-state index in [1.807, 2.05) is 43.2 Å². The molecular formula is C20H24N4O. The minimum absolute atomic E-state index is 0.142. The normalized spacial score (nSPS) is 18.0. The number of benzene rings is 1. The quantitative estimate of drug-likeness (QED) is 0.737. The van der Waals surface area contributed by atoms with Crippen molar-refractivity contribution >= 4 is 16.8 Å². The largest absolute Gasteiger partial charge is 0.350 e. The molecule has 1 aliphatic heterocycles. The Morgan fingerprint density at radius 1 is 1.20 bits per heavy atom. The highest BCUT2D eigenvalue weighted by Crippen LogP contribution is 2.31. The molecule has 130 valence electrons. The van der Waals surface area contributed by atoms with E-state index in [4.69, 9.17) is 0 Å². The zero-order valence-electron chi connectivity index (χ0n) is 14.9. The Labute approximate surface area is 147 Å². The molecule has 0 bridgehead atoms. The fourth-order valence-electron chi connectivity index (χ4n) is 4.08. The average Bonchev–Trinajstić information content (AvgIpc) is 3.19. The van der Waals surface area contributed by atoms with Gasteiger partial charge in [0.2, 0.25) is 5.91 Å². The van der Waals surface area contributed by atoms with Gasteiger partial charge < -0.3 is 9.47 Å². The van der Waals surface area contributed by atoms with Crippen LogP contribution in [0.25, 0.3) is 10.9 Å². The Morgan fingerprint density at radius 2 is 2.04 bits per heavy atom. The maximum atomic E-state index is 13.1. The summed E-state index contributed by atoms with van der Waals surface area (Å²) in [5.74, 6) is 0.210. The summed E-state index contributed by atoms with van der Waals surface area (Å²) in [4.78, 5) is 15.2. The minimum atomic E-state index is 0.142. The molecule has 3 aromatic rings. The second-order valence-electron chi connectivity index (χ2n) is 6.94. The summed E-state index contributed by atoms with van der Waals surface area (Å²) in [5.41, 5.74) is 3.41. The standard InChI is InChI=1S/C20H24N4O/c1-22-14-15(16-7-3-4-8-17(16)22)13-20(25)24-12-6-5-9-19(24)18-10-11-21-23(18)2/h3-4,7-8,10-11,14,19H,5-6,9,12-13H2,1-2H3. The molecule has 1 aromatic carbocycles. The lowest BCUT2D eigenvalue weighted by atomic mass is 9.98. The Morgan fingerprint density at radius 3 is 2.84 bits per heavy atom. The van der Waals surface area contributed by atoms with E-state index in [0.717, 1.165) is 37.1 Å². The van der Waals surface area contributed by atoms with Crippen LogP contribution < -0.4 is 0 Å². The molecule has 1 atom stereocenters. The first-order chi connectivity index (χ1) is 12.1. The Bertz CT molecular complexity index is 907. The van der Waals surface area contributed by atoms with Crippen molar-refractivity contribution in [2.75, 3.05) is 6.54 Å². The highest BCUT2D eigenvalue weighted by Gasteiger charge is 2.30. The lowest BCUT2D eigenvalue weighted by Gasteiger charge is -2.36. The van der Waals surface area contributed by atoms with Crippen LogP contribution in [0.3, 0.4) is 0 Å². The highest BCUT2D eigenvalue weighted by atomic mass is 16.2. The third-order valence-corrected chi connectivity index (χ3v) is 5.34. The maximum Gasteiger partial charge on any atom is 0.227 e. The van der Waals surface area contributed by atoms with E-state index < -0.39 is 0 Å². The van der Waals surface area contributed by atoms with Gasteiger partial charge in [-0.2, -0.15) is 5.10 Å². The number of piperidine rings is 1. The zero-order chi connectivity index (χ0) is 17.4. The van der Waals surface area contributed by atoms with E-state index in [1.54, 1.807) is 0 Å². The summed E-state index contributed by atoms with van der Waals surface area (Å²) >= 11 is 0. The molecule has 0 saturated carbocycles. The number of nitrogens with zero attached hydrogens (tertiary/aromatic N) is 4. The molecule has 3 heterocycles. The number of para-hydroxylation sites is 1. The number of aromatic nitrogens is 3.